The predicted octanol–water partition coefficient (Wildman–Crippen LogP) is 1.93. The van der Waals surface area contributed by atoms with E-state index < -0.39 is 5.79 Å². The van der Waals surface area contributed by atoms with Gasteiger partial charge in [0.2, 0.25) is 5.79 Å². The monoisotopic (exact) mass is 182 g/mol. The van der Waals surface area contributed by atoms with Crippen molar-refractivity contribution in [3.05, 3.63) is 23.7 Å². The maximum Gasteiger partial charge on any atom is 0.225 e. The molecule has 1 aromatic rings. The van der Waals surface area contributed by atoms with Crippen molar-refractivity contribution in [3.63, 3.8) is 0 Å². The summed E-state index contributed by atoms with van der Waals surface area (Å²) in [5.41, 5.74) is 0. The lowest BCUT2D eigenvalue weighted by Gasteiger charge is -2.29. The summed E-state index contributed by atoms with van der Waals surface area (Å²) in [6, 6.07) is 3.62. The highest BCUT2D eigenvalue weighted by Gasteiger charge is 2.35. The van der Waals surface area contributed by atoms with Gasteiger partial charge < -0.3 is 14.3 Å². The summed E-state index contributed by atoms with van der Waals surface area (Å²) in [6.45, 7) is 2.46. The van der Waals surface area contributed by atoms with Crippen molar-refractivity contribution in [2.75, 3.05) is 6.61 Å². The van der Waals surface area contributed by atoms with E-state index in [2.05, 4.69) is 0 Å². The van der Waals surface area contributed by atoms with E-state index in [1.165, 1.54) is 0 Å². The van der Waals surface area contributed by atoms with Gasteiger partial charge in [-0.15, -0.1) is 0 Å². The van der Waals surface area contributed by atoms with Crippen LogP contribution in [0.5, 0.6) is 0 Å². The van der Waals surface area contributed by atoms with Gasteiger partial charge in [-0.1, -0.05) is 0 Å². The molecule has 0 radical (unpaired) electrons. The van der Waals surface area contributed by atoms with E-state index in [4.69, 9.17) is 9.15 Å². The van der Waals surface area contributed by atoms with E-state index in [1.54, 1.807) is 6.07 Å². The van der Waals surface area contributed by atoms with Gasteiger partial charge in [0, 0.05) is 6.42 Å². The summed E-state index contributed by atoms with van der Waals surface area (Å²) >= 11 is 0. The Balaban J connectivity index is 2.22. The Bertz CT molecular complexity index is 284. The summed E-state index contributed by atoms with van der Waals surface area (Å²) in [6.07, 6.45) is 2.62. The lowest BCUT2D eigenvalue weighted by molar-refractivity contribution is -0.244. The summed E-state index contributed by atoms with van der Waals surface area (Å²) in [4.78, 5) is 0. The molecule has 13 heavy (non-hydrogen) atoms. The Morgan fingerprint density at radius 3 is 2.77 bits per heavy atom. The molecule has 1 saturated heterocycles. The van der Waals surface area contributed by atoms with Crippen LogP contribution in [0.2, 0.25) is 0 Å². The molecule has 0 aliphatic carbocycles. The van der Waals surface area contributed by atoms with E-state index in [-0.39, 0.29) is 0 Å². The third-order valence-electron chi connectivity index (χ3n) is 2.38. The van der Waals surface area contributed by atoms with Gasteiger partial charge in [0.1, 0.15) is 5.76 Å². The van der Waals surface area contributed by atoms with Gasteiger partial charge in [-0.25, -0.2) is 0 Å². The fourth-order valence-corrected chi connectivity index (χ4v) is 1.62. The Morgan fingerprint density at radius 1 is 1.38 bits per heavy atom. The van der Waals surface area contributed by atoms with Crippen LogP contribution in [-0.2, 0) is 10.5 Å². The van der Waals surface area contributed by atoms with Crippen molar-refractivity contribution in [1.82, 2.24) is 0 Å². The molecule has 1 fully saturated rings. The third kappa shape index (κ3) is 1.62. The molecule has 1 unspecified atom stereocenters. The van der Waals surface area contributed by atoms with Crippen LogP contribution in [0.25, 0.3) is 0 Å². The topological polar surface area (TPSA) is 42.6 Å². The van der Waals surface area contributed by atoms with Crippen molar-refractivity contribution in [2.24, 2.45) is 0 Å². The van der Waals surface area contributed by atoms with Gasteiger partial charge in [-0.3, -0.25) is 0 Å². The second-order valence-corrected chi connectivity index (χ2v) is 3.50. The van der Waals surface area contributed by atoms with Crippen LogP contribution >= 0.6 is 0 Å². The van der Waals surface area contributed by atoms with Gasteiger partial charge in [0.05, 0.1) is 6.61 Å². The summed E-state index contributed by atoms with van der Waals surface area (Å²) < 4.78 is 10.7. The summed E-state index contributed by atoms with van der Waals surface area (Å²) in [7, 11) is 0. The second kappa shape index (κ2) is 3.16. The molecule has 2 rings (SSSR count). The van der Waals surface area contributed by atoms with Crippen molar-refractivity contribution in [2.45, 2.75) is 32.0 Å². The number of rotatable bonds is 1. The number of aryl methyl sites for hydroxylation is 1. The van der Waals surface area contributed by atoms with Crippen molar-refractivity contribution in [3.8, 4) is 0 Å². The van der Waals surface area contributed by atoms with Crippen LogP contribution in [0.1, 0.15) is 30.8 Å². The zero-order chi connectivity index (χ0) is 9.31. The van der Waals surface area contributed by atoms with E-state index in [9.17, 15) is 5.11 Å². The van der Waals surface area contributed by atoms with E-state index in [0.29, 0.717) is 18.8 Å². The molecule has 1 N–H and O–H groups in total. The van der Waals surface area contributed by atoms with E-state index in [0.717, 1.165) is 18.6 Å². The van der Waals surface area contributed by atoms with Gasteiger partial charge in [0.25, 0.3) is 0 Å². The third-order valence-corrected chi connectivity index (χ3v) is 2.38. The number of hydrogen-bond acceptors (Lipinski definition) is 3. The number of hydrogen-bond donors (Lipinski definition) is 1. The number of aliphatic hydroxyl groups is 1. The summed E-state index contributed by atoms with van der Waals surface area (Å²) in [5, 5.41) is 10.0. The molecule has 0 saturated carbocycles. The van der Waals surface area contributed by atoms with Crippen LogP contribution in [0.3, 0.4) is 0 Å². The molecule has 72 valence electrons. The maximum atomic E-state index is 10.0. The largest absolute Gasteiger partial charge is 0.461 e. The predicted molar refractivity (Wildman–Crippen MR) is 47.1 cm³/mol. The van der Waals surface area contributed by atoms with Crippen molar-refractivity contribution < 1.29 is 14.3 Å². The van der Waals surface area contributed by atoms with Crippen molar-refractivity contribution in [1.29, 1.82) is 0 Å². The fraction of sp³-hybridized carbons (Fsp3) is 0.600. The lowest BCUT2D eigenvalue weighted by Crippen LogP contribution is -2.32. The van der Waals surface area contributed by atoms with Crippen molar-refractivity contribution >= 4 is 0 Å². The Kier molecular flexibility index (Phi) is 2.14. The zero-order valence-electron chi connectivity index (χ0n) is 7.75. The van der Waals surface area contributed by atoms with Crippen LogP contribution < -0.4 is 0 Å². The quantitative estimate of drug-likeness (QED) is 0.721. The highest BCUT2D eigenvalue weighted by molar-refractivity contribution is 5.11. The van der Waals surface area contributed by atoms with Gasteiger partial charge >= 0.3 is 0 Å². The SMILES string of the molecule is Cc1ccc(C2(O)CCCCO2)o1. The van der Waals surface area contributed by atoms with Gasteiger partial charge in [0.15, 0.2) is 5.76 Å². The van der Waals surface area contributed by atoms with E-state index in [1.807, 2.05) is 13.0 Å². The minimum atomic E-state index is -1.17. The molecular formula is C10H14O3. The standard InChI is InChI=1S/C10H14O3/c1-8-4-5-9(13-8)10(11)6-2-3-7-12-10/h4-5,11H,2-3,6-7H2,1H3. The second-order valence-electron chi connectivity index (χ2n) is 3.50. The summed E-state index contributed by atoms with van der Waals surface area (Å²) in [5.74, 6) is 0.161. The molecule has 2 heterocycles. The maximum absolute atomic E-state index is 10.0. The zero-order valence-corrected chi connectivity index (χ0v) is 7.75. The number of ether oxygens (including phenoxy) is 1. The first-order valence-electron chi connectivity index (χ1n) is 4.64. The minimum Gasteiger partial charge on any atom is -0.461 e. The molecule has 3 nitrogen and oxygen atoms in total. The smallest absolute Gasteiger partial charge is 0.225 e. The Morgan fingerprint density at radius 2 is 2.23 bits per heavy atom. The first-order chi connectivity index (χ1) is 6.21. The Labute approximate surface area is 77.3 Å². The molecule has 0 amide bonds. The molecule has 1 aliphatic rings. The fourth-order valence-electron chi connectivity index (χ4n) is 1.62. The van der Waals surface area contributed by atoms with Crippen LogP contribution in [0, 0.1) is 6.92 Å². The Hall–Kier alpha value is -0.800. The molecular weight excluding hydrogens is 168 g/mol. The van der Waals surface area contributed by atoms with Crippen LogP contribution in [0.4, 0.5) is 0 Å². The normalized spacial score (nSPS) is 29.1. The van der Waals surface area contributed by atoms with Gasteiger partial charge in [-0.05, 0) is 31.9 Å². The van der Waals surface area contributed by atoms with Gasteiger partial charge in [-0.2, -0.15) is 0 Å². The highest BCUT2D eigenvalue weighted by atomic mass is 16.6. The molecule has 0 spiro atoms. The average molecular weight is 182 g/mol. The number of furan rings is 1. The van der Waals surface area contributed by atoms with E-state index >= 15 is 0 Å². The van der Waals surface area contributed by atoms with Crippen LogP contribution in [0.15, 0.2) is 16.5 Å². The first kappa shape index (κ1) is 8.78. The lowest BCUT2D eigenvalue weighted by atomic mass is 10.0. The minimum absolute atomic E-state index is 0.532. The van der Waals surface area contributed by atoms with Crippen LogP contribution in [-0.4, -0.2) is 11.7 Å². The average Bonchev–Trinajstić information content (AvgIpc) is 2.54. The molecule has 0 bridgehead atoms. The first-order valence-corrected chi connectivity index (χ1v) is 4.64. The molecule has 3 heteroatoms. The molecule has 1 aromatic heterocycles. The highest BCUT2D eigenvalue weighted by Crippen LogP contribution is 2.33. The molecule has 1 atom stereocenters. The molecule has 0 aromatic carbocycles. The molecule has 1 aliphatic heterocycles.